The van der Waals surface area contributed by atoms with Crippen molar-refractivity contribution in [1.29, 1.82) is 0 Å². The molecule has 3 rings (SSSR count). The van der Waals surface area contributed by atoms with E-state index < -0.39 is 0 Å². The molecule has 0 aliphatic carbocycles. The average molecular weight is 452 g/mol. The van der Waals surface area contributed by atoms with Gasteiger partial charge in [0.25, 0.3) is 0 Å². The summed E-state index contributed by atoms with van der Waals surface area (Å²) in [6.45, 7) is 1.84. The van der Waals surface area contributed by atoms with E-state index in [1.54, 1.807) is 23.6 Å². The van der Waals surface area contributed by atoms with Crippen molar-refractivity contribution in [2.24, 2.45) is 0 Å². The zero-order chi connectivity index (χ0) is 20.3. The highest BCUT2D eigenvalue weighted by Gasteiger charge is 2.08. The molecule has 0 saturated heterocycles. The second-order valence-corrected chi connectivity index (χ2v) is 7.21. The molecular weight excluding hydrogens is 426 g/mol. The summed E-state index contributed by atoms with van der Waals surface area (Å²) in [7, 11) is 1.61. The largest absolute Gasteiger partial charge is 0.493 e. The number of ether oxygens (including phenoxy) is 2. The molecular formula is C20H26ClN5O3S. The van der Waals surface area contributed by atoms with E-state index in [0.717, 1.165) is 41.7 Å². The van der Waals surface area contributed by atoms with Gasteiger partial charge in [-0.3, -0.25) is 0 Å². The van der Waals surface area contributed by atoms with Crippen LogP contribution in [0.4, 0.5) is 0 Å². The number of aliphatic hydroxyl groups is 1. The molecule has 0 bridgehead atoms. The third-order valence-electron chi connectivity index (χ3n) is 4.08. The van der Waals surface area contributed by atoms with Crippen molar-refractivity contribution >= 4 is 24.2 Å². The van der Waals surface area contributed by atoms with Crippen LogP contribution in [-0.2, 0) is 6.54 Å². The Morgan fingerprint density at radius 3 is 2.73 bits per heavy atom. The van der Waals surface area contributed by atoms with E-state index >= 15 is 0 Å². The summed E-state index contributed by atoms with van der Waals surface area (Å²) in [4.78, 5) is 0. The van der Waals surface area contributed by atoms with Crippen LogP contribution in [0.15, 0.2) is 53.7 Å². The minimum absolute atomic E-state index is 0. The zero-order valence-corrected chi connectivity index (χ0v) is 18.4. The highest BCUT2D eigenvalue weighted by atomic mass is 35.5. The van der Waals surface area contributed by atoms with Gasteiger partial charge in [-0.25, -0.2) is 0 Å². The molecule has 162 valence electrons. The molecule has 0 aliphatic heterocycles. The SMILES string of the molecule is COc1cc(CNCCCSc2nnnn2-c2ccccc2)ccc1OCCO.Cl. The van der Waals surface area contributed by atoms with E-state index in [0.29, 0.717) is 11.5 Å². The van der Waals surface area contributed by atoms with Crippen LogP contribution in [0.1, 0.15) is 12.0 Å². The Labute approximate surface area is 186 Å². The molecule has 0 atom stereocenters. The Bertz CT molecular complexity index is 882. The first-order valence-corrected chi connectivity index (χ1v) is 10.4. The third kappa shape index (κ3) is 6.88. The number of aromatic nitrogens is 4. The van der Waals surface area contributed by atoms with Crippen molar-refractivity contribution in [3.05, 3.63) is 54.1 Å². The number of aliphatic hydroxyl groups excluding tert-OH is 1. The number of hydrogen-bond donors (Lipinski definition) is 2. The first kappa shape index (κ1) is 23.9. The van der Waals surface area contributed by atoms with Crippen LogP contribution < -0.4 is 14.8 Å². The van der Waals surface area contributed by atoms with Gasteiger partial charge in [0.1, 0.15) is 6.61 Å². The quantitative estimate of drug-likeness (QED) is 0.320. The van der Waals surface area contributed by atoms with Gasteiger partial charge < -0.3 is 19.9 Å². The molecule has 0 saturated carbocycles. The number of para-hydroxylation sites is 1. The number of methoxy groups -OCH3 is 1. The predicted octanol–water partition coefficient (Wildman–Crippen LogP) is 2.74. The van der Waals surface area contributed by atoms with Crippen LogP contribution in [-0.4, -0.2) is 57.9 Å². The number of halogens is 1. The number of benzene rings is 2. The predicted molar refractivity (Wildman–Crippen MR) is 119 cm³/mol. The maximum absolute atomic E-state index is 8.88. The molecule has 30 heavy (non-hydrogen) atoms. The smallest absolute Gasteiger partial charge is 0.214 e. The van der Waals surface area contributed by atoms with Crippen molar-refractivity contribution in [2.45, 2.75) is 18.1 Å². The Morgan fingerprint density at radius 2 is 1.97 bits per heavy atom. The van der Waals surface area contributed by atoms with Gasteiger partial charge in [0.15, 0.2) is 11.5 Å². The van der Waals surface area contributed by atoms with Crippen molar-refractivity contribution in [2.75, 3.05) is 32.6 Å². The van der Waals surface area contributed by atoms with Crippen LogP contribution in [0, 0.1) is 0 Å². The molecule has 0 radical (unpaired) electrons. The normalized spacial score (nSPS) is 10.5. The van der Waals surface area contributed by atoms with Crippen molar-refractivity contribution in [3.63, 3.8) is 0 Å². The third-order valence-corrected chi connectivity index (χ3v) is 5.08. The second kappa shape index (κ2) is 13.1. The maximum atomic E-state index is 8.88. The lowest BCUT2D eigenvalue weighted by Crippen LogP contribution is -2.15. The fourth-order valence-electron chi connectivity index (χ4n) is 2.69. The van der Waals surface area contributed by atoms with Gasteiger partial charge in [0, 0.05) is 12.3 Å². The van der Waals surface area contributed by atoms with E-state index in [2.05, 4.69) is 20.8 Å². The van der Waals surface area contributed by atoms with E-state index in [-0.39, 0.29) is 25.6 Å². The molecule has 8 nitrogen and oxygen atoms in total. The molecule has 10 heteroatoms. The van der Waals surface area contributed by atoms with Gasteiger partial charge in [0.05, 0.1) is 19.4 Å². The summed E-state index contributed by atoms with van der Waals surface area (Å²) >= 11 is 1.64. The molecule has 1 aromatic heterocycles. The van der Waals surface area contributed by atoms with E-state index in [1.807, 2.05) is 48.5 Å². The van der Waals surface area contributed by atoms with Crippen molar-refractivity contribution < 1.29 is 14.6 Å². The molecule has 1 heterocycles. The maximum Gasteiger partial charge on any atom is 0.214 e. The summed E-state index contributed by atoms with van der Waals surface area (Å²) in [6, 6.07) is 15.7. The van der Waals surface area contributed by atoms with Crippen LogP contribution in [0.3, 0.4) is 0 Å². The Kier molecular flexibility index (Phi) is 10.4. The number of thioether (sulfide) groups is 1. The minimum Gasteiger partial charge on any atom is -0.493 e. The lowest BCUT2D eigenvalue weighted by molar-refractivity contribution is 0.196. The topological polar surface area (TPSA) is 94.3 Å². The summed E-state index contributed by atoms with van der Waals surface area (Å²) in [5.41, 5.74) is 2.07. The van der Waals surface area contributed by atoms with E-state index in [1.165, 1.54) is 0 Å². The van der Waals surface area contributed by atoms with Crippen LogP contribution in [0.25, 0.3) is 5.69 Å². The number of tetrazole rings is 1. The van der Waals surface area contributed by atoms with Crippen molar-refractivity contribution in [3.8, 4) is 17.2 Å². The number of rotatable bonds is 12. The van der Waals surface area contributed by atoms with Gasteiger partial charge in [-0.05, 0) is 53.2 Å². The van der Waals surface area contributed by atoms with Gasteiger partial charge in [-0.1, -0.05) is 36.0 Å². The first-order chi connectivity index (χ1) is 14.3. The number of hydrogen-bond acceptors (Lipinski definition) is 8. The minimum atomic E-state index is -0.0256. The highest BCUT2D eigenvalue weighted by molar-refractivity contribution is 7.99. The van der Waals surface area contributed by atoms with Gasteiger partial charge in [-0.2, -0.15) is 4.68 Å². The average Bonchev–Trinajstić information content (AvgIpc) is 3.24. The van der Waals surface area contributed by atoms with Crippen molar-refractivity contribution in [1.82, 2.24) is 25.5 Å². The van der Waals surface area contributed by atoms with Gasteiger partial charge >= 0.3 is 0 Å². The van der Waals surface area contributed by atoms with Crippen LogP contribution >= 0.6 is 24.2 Å². The molecule has 0 fully saturated rings. The molecule has 0 unspecified atom stereocenters. The Morgan fingerprint density at radius 1 is 1.13 bits per heavy atom. The van der Waals surface area contributed by atoms with E-state index in [4.69, 9.17) is 14.6 Å². The van der Waals surface area contributed by atoms with Gasteiger partial charge in [0.2, 0.25) is 5.16 Å². The zero-order valence-electron chi connectivity index (χ0n) is 16.7. The lowest BCUT2D eigenvalue weighted by atomic mass is 10.2. The van der Waals surface area contributed by atoms with Crippen LogP contribution in [0.2, 0.25) is 0 Å². The molecule has 0 spiro atoms. The summed E-state index contributed by atoms with van der Waals surface area (Å²) in [5.74, 6) is 2.22. The standard InChI is InChI=1S/C20H25N5O3S.ClH/c1-27-19-14-16(8-9-18(19)28-12-11-26)15-21-10-5-13-29-20-22-23-24-25(20)17-6-3-2-4-7-17;/h2-4,6-9,14,21,26H,5,10-13,15H2,1H3;1H. The summed E-state index contributed by atoms with van der Waals surface area (Å²) in [6.07, 6.45) is 0.987. The number of nitrogens with zero attached hydrogens (tertiary/aromatic N) is 4. The molecule has 0 aliphatic rings. The lowest BCUT2D eigenvalue weighted by Gasteiger charge is -2.12. The molecule has 2 aromatic carbocycles. The Hall–Kier alpha value is -2.33. The first-order valence-electron chi connectivity index (χ1n) is 9.39. The fraction of sp³-hybridized carbons (Fsp3) is 0.350. The molecule has 2 N–H and O–H groups in total. The second-order valence-electron chi connectivity index (χ2n) is 6.14. The Balaban J connectivity index is 0.00000320. The molecule has 0 amide bonds. The molecule has 3 aromatic rings. The van der Waals surface area contributed by atoms with Gasteiger partial charge in [-0.15, -0.1) is 17.5 Å². The summed E-state index contributed by atoms with van der Waals surface area (Å²) in [5, 5.41) is 25.1. The monoisotopic (exact) mass is 451 g/mol. The van der Waals surface area contributed by atoms with Crippen LogP contribution in [0.5, 0.6) is 11.5 Å². The number of nitrogens with one attached hydrogen (secondary N) is 1. The summed E-state index contributed by atoms with van der Waals surface area (Å²) < 4.78 is 12.6. The fourth-order valence-corrected chi connectivity index (χ4v) is 3.52. The highest BCUT2D eigenvalue weighted by Crippen LogP contribution is 2.28. The van der Waals surface area contributed by atoms with E-state index in [9.17, 15) is 0 Å².